The largest absolute Gasteiger partial charge is 0.481 e. The van der Waals surface area contributed by atoms with Gasteiger partial charge < -0.3 is 9.63 Å². The van der Waals surface area contributed by atoms with Gasteiger partial charge in [-0.25, -0.2) is 8.42 Å². The number of sulfonamides is 1. The minimum atomic E-state index is -3.84. The van der Waals surface area contributed by atoms with Gasteiger partial charge in [0.1, 0.15) is 0 Å². The van der Waals surface area contributed by atoms with Crippen LogP contribution in [-0.2, 0) is 14.8 Å². The third kappa shape index (κ3) is 3.07. The monoisotopic (exact) mass is 350 g/mol. The Hall–Kier alpha value is -2.19. The lowest BCUT2D eigenvalue weighted by molar-refractivity contribution is -0.143. The molecule has 2 aromatic rings. The smallest absolute Gasteiger partial charge is 0.307 e. The highest BCUT2D eigenvalue weighted by molar-refractivity contribution is 7.89. The second-order valence-electron chi connectivity index (χ2n) is 6.07. The van der Waals surface area contributed by atoms with Crippen LogP contribution >= 0.6 is 0 Å². The van der Waals surface area contributed by atoms with Gasteiger partial charge in [-0.3, -0.25) is 4.79 Å². The van der Waals surface area contributed by atoms with E-state index in [0.29, 0.717) is 24.3 Å². The number of carboxylic acids is 1. The van der Waals surface area contributed by atoms with Crippen LogP contribution < -0.4 is 0 Å². The molecule has 0 spiro atoms. The van der Waals surface area contributed by atoms with Crippen LogP contribution in [0.2, 0.25) is 0 Å². The molecule has 2 atom stereocenters. The van der Waals surface area contributed by atoms with Gasteiger partial charge in [0.15, 0.2) is 5.76 Å². The molecule has 128 valence electrons. The van der Waals surface area contributed by atoms with Crippen LogP contribution in [0.15, 0.2) is 45.9 Å². The summed E-state index contributed by atoms with van der Waals surface area (Å²) in [5.74, 6) is -1.33. The normalized spacial score (nSPS) is 22.4. The van der Waals surface area contributed by atoms with E-state index in [4.69, 9.17) is 4.52 Å². The molecule has 1 aromatic carbocycles. The van der Waals surface area contributed by atoms with Gasteiger partial charge in [0.05, 0.1) is 17.0 Å². The Balaban J connectivity index is 2.01. The number of piperidine rings is 1. The van der Waals surface area contributed by atoms with Crippen LogP contribution in [-0.4, -0.2) is 42.0 Å². The summed E-state index contributed by atoms with van der Waals surface area (Å²) in [6.07, 6.45) is 1.92. The molecule has 7 nitrogen and oxygen atoms in total. The molecule has 1 aromatic heterocycles. The number of nitrogens with zero attached hydrogens (tertiary/aromatic N) is 2. The molecular formula is C16H18N2O5S. The number of rotatable bonds is 4. The van der Waals surface area contributed by atoms with Gasteiger partial charge in [0.25, 0.3) is 0 Å². The Morgan fingerprint density at radius 3 is 2.71 bits per heavy atom. The highest BCUT2D eigenvalue weighted by Crippen LogP contribution is 2.32. The Kier molecular flexibility index (Phi) is 4.42. The average molecular weight is 350 g/mol. The maximum Gasteiger partial charge on any atom is 0.307 e. The quantitative estimate of drug-likeness (QED) is 0.906. The first-order valence-electron chi connectivity index (χ1n) is 7.62. The van der Waals surface area contributed by atoms with Crippen LogP contribution in [0.1, 0.15) is 13.3 Å². The molecule has 8 heteroatoms. The second-order valence-corrected chi connectivity index (χ2v) is 7.98. The summed E-state index contributed by atoms with van der Waals surface area (Å²) in [4.78, 5) is 11.4. The maximum absolute atomic E-state index is 13.1. The van der Waals surface area contributed by atoms with Crippen LogP contribution in [0.3, 0.4) is 0 Å². The summed E-state index contributed by atoms with van der Waals surface area (Å²) in [6.45, 7) is 2.14. The number of aromatic nitrogens is 1. The number of benzene rings is 1. The van der Waals surface area contributed by atoms with Gasteiger partial charge in [-0.1, -0.05) is 24.2 Å². The van der Waals surface area contributed by atoms with Gasteiger partial charge in [-0.2, -0.15) is 4.31 Å². The fourth-order valence-corrected chi connectivity index (χ4v) is 4.87. The number of carboxylic acid groups (broad SMARTS) is 1. The molecule has 1 aliphatic heterocycles. The van der Waals surface area contributed by atoms with Gasteiger partial charge in [-0.15, -0.1) is 0 Å². The molecule has 0 saturated carbocycles. The average Bonchev–Trinajstić information content (AvgIpc) is 3.08. The van der Waals surface area contributed by atoms with Crippen molar-refractivity contribution >= 4 is 16.0 Å². The van der Waals surface area contributed by atoms with Gasteiger partial charge >= 0.3 is 5.97 Å². The second kappa shape index (κ2) is 6.37. The van der Waals surface area contributed by atoms with E-state index in [1.54, 1.807) is 24.3 Å². The maximum atomic E-state index is 13.1. The fourth-order valence-electron chi connectivity index (χ4n) is 3.07. The van der Waals surface area contributed by atoms with Crippen LogP contribution in [0.5, 0.6) is 0 Å². The minimum Gasteiger partial charge on any atom is -0.481 e. The van der Waals surface area contributed by atoms with Crippen LogP contribution in [0.4, 0.5) is 0 Å². The van der Waals surface area contributed by atoms with E-state index in [1.165, 1.54) is 16.6 Å². The van der Waals surface area contributed by atoms with Crippen molar-refractivity contribution in [1.82, 2.24) is 9.46 Å². The molecule has 1 fully saturated rings. The van der Waals surface area contributed by atoms with E-state index < -0.39 is 21.9 Å². The lowest BCUT2D eigenvalue weighted by Crippen LogP contribution is -2.45. The van der Waals surface area contributed by atoms with E-state index in [2.05, 4.69) is 5.16 Å². The van der Waals surface area contributed by atoms with Crippen molar-refractivity contribution < 1.29 is 22.8 Å². The Morgan fingerprint density at radius 2 is 2.04 bits per heavy atom. The predicted molar refractivity (Wildman–Crippen MR) is 85.6 cm³/mol. The zero-order valence-electron chi connectivity index (χ0n) is 13.1. The molecule has 1 aliphatic rings. The van der Waals surface area contributed by atoms with E-state index in [0.717, 1.165) is 0 Å². The Morgan fingerprint density at radius 1 is 1.29 bits per heavy atom. The standard InChI is InChI=1S/C16H18N2O5S/c1-11-8-12(16(19)20)10-18(9-11)24(21,22)15-5-3-2-4-13(15)14-6-7-17-23-14/h2-7,11-12H,8-10H2,1H3,(H,19,20). The molecule has 2 unspecified atom stereocenters. The van der Waals surface area contributed by atoms with E-state index in [9.17, 15) is 18.3 Å². The van der Waals surface area contributed by atoms with Crippen LogP contribution in [0.25, 0.3) is 11.3 Å². The highest BCUT2D eigenvalue weighted by Gasteiger charge is 2.37. The zero-order chi connectivity index (χ0) is 17.3. The summed E-state index contributed by atoms with van der Waals surface area (Å²) < 4.78 is 32.5. The first-order chi connectivity index (χ1) is 11.4. The van der Waals surface area contributed by atoms with E-state index >= 15 is 0 Å². The third-order valence-corrected chi connectivity index (χ3v) is 6.07. The summed E-state index contributed by atoms with van der Waals surface area (Å²) in [5, 5.41) is 12.9. The van der Waals surface area contributed by atoms with Gasteiger partial charge in [-0.05, 0) is 24.5 Å². The molecule has 2 heterocycles. The van der Waals surface area contributed by atoms with Crippen molar-refractivity contribution in [2.24, 2.45) is 11.8 Å². The number of hydrogen-bond acceptors (Lipinski definition) is 5. The minimum absolute atomic E-state index is 0.0211. The van der Waals surface area contributed by atoms with Crippen molar-refractivity contribution in [1.29, 1.82) is 0 Å². The summed E-state index contributed by atoms with van der Waals surface area (Å²) in [5.41, 5.74) is 0.417. The molecule has 0 bridgehead atoms. The van der Waals surface area contributed by atoms with E-state index in [1.807, 2.05) is 6.92 Å². The lowest BCUT2D eigenvalue weighted by Gasteiger charge is -2.34. The van der Waals surface area contributed by atoms with Crippen molar-refractivity contribution in [2.45, 2.75) is 18.2 Å². The lowest BCUT2D eigenvalue weighted by atomic mass is 9.92. The molecule has 0 amide bonds. The molecule has 0 radical (unpaired) electrons. The fraction of sp³-hybridized carbons (Fsp3) is 0.375. The zero-order valence-corrected chi connectivity index (χ0v) is 13.9. The van der Waals surface area contributed by atoms with E-state index in [-0.39, 0.29) is 17.4 Å². The van der Waals surface area contributed by atoms with Crippen molar-refractivity contribution in [3.8, 4) is 11.3 Å². The predicted octanol–water partition coefficient (Wildman–Crippen LogP) is 2.07. The van der Waals surface area contributed by atoms with Crippen molar-refractivity contribution in [2.75, 3.05) is 13.1 Å². The Bertz CT molecular complexity index is 832. The van der Waals surface area contributed by atoms with Gasteiger partial charge in [0, 0.05) is 24.7 Å². The SMILES string of the molecule is CC1CC(C(=O)O)CN(S(=O)(=O)c2ccccc2-c2ccno2)C1. The molecule has 0 aliphatic carbocycles. The molecule has 1 saturated heterocycles. The number of aliphatic carboxylic acids is 1. The topological polar surface area (TPSA) is 101 Å². The van der Waals surface area contributed by atoms with Gasteiger partial charge in [0.2, 0.25) is 10.0 Å². The highest BCUT2D eigenvalue weighted by atomic mass is 32.2. The first-order valence-corrected chi connectivity index (χ1v) is 9.06. The summed E-state index contributed by atoms with van der Waals surface area (Å²) >= 11 is 0. The van der Waals surface area contributed by atoms with Crippen LogP contribution in [0, 0.1) is 11.8 Å². The molecule has 3 rings (SSSR count). The molecule has 24 heavy (non-hydrogen) atoms. The summed E-state index contributed by atoms with van der Waals surface area (Å²) in [6, 6.07) is 8.09. The number of carbonyl (C=O) groups is 1. The van der Waals surface area contributed by atoms with Crippen molar-refractivity contribution in [3.63, 3.8) is 0 Å². The van der Waals surface area contributed by atoms with Crippen molar-refractivity contribution in [3.05, 3.63) is 36.5 Å². The molecule has 1 N–H and O–H groups in total. The Labute approximate surface area is 139 Å². The first kappa shape index (κ1) is 16.7. The summed E-state index contributed by atoms with van der Waals surface area (Å²) in [7, 11) is -3.84. The number of hydrogen-bond donors (Lipinski definition) is 1. The molecular weight excluding hydrogens is 332 g/mol. The third-order valence-electron chi connectivity index (χ3n) is 4.18.